The van der Waals surface area contributed by atoms with Crippen LogP contribution in [0.2, 0.25) is 0 Å². The average Bonchev–Trinajstić information content (AvgIpc) is 3.00. The second-order valence-electron chi connectivity index (χ2n) is 6.31. The zero-order valence-electron chi connectivity index (χ0n) is 13.5. The molecule has 0 spiro atoms. The second kappa shape index (κ2) is 5.51. The van der Waals surface area contributed by atoms with E-state index in [-0.39, 0.29) is 0 Å². The summed E-state index contributed by atoms with van der Waals surface area (Å²) in [5.41, 5.74) is 10.2. The van der Waals surface area contributed by atoms with Gasteiger partial charge in [-0.3, -0.25) is 4.98 Å². The zero-order chi connectivity index (χ0) is 15.8. The maximum absolute atomic E-state index is 4.59. The summed E-state index contributed by atoms with van der Waals surface area (Å²) in [7, 11) is 0. The maximum Gasteiger partial charge on any atom is 0.0665 e. The van der Waals surface area contributed by atoms with E-state index in [4.69, 9.17) is 0 Å². The summed E-state index contributed by atoms with van der Waals surface area (Å²) in [6.07, 6.45) is 5.22. The van der Waals surface area contributed by atoms with Gasteiger partial charge >= 0.3 is 0 Å². The topological polar surface area (TPSA) is 12.9 Å². The highest BCUT2D eigenvalue weighted by molar-refractivity contribution is 5.93. The van der Waals surface area contributed by atoms with E-state index in [1.54, 1.807) is 0 Å². The molecule has 1 aromatic heterocycles. The summed E-state index contributed by atoms with van der Waals surface area (Å²) in [5, 5.41) is 0. The number of hydrogen-bond donors (Lipinski definition) is 0. The monoisotopic (exact) mass is 297 g/mol. The summed E-state index contributed by atoms with van der Waals surface area (Å²) in [5.74, 6) is 0. The number of fused-ring (bicyclic) bond motifs is 1. The molecular formula is C22H19N. The number of allylic oxidation sites excluding steroid dienone is 1. The van der Waals surface area contributed by atoms with Crippen LogP contribution < -0.4 is 0 Å². The van der Waals surface area contributed by atoms with Crippen LogP contribution in [0.15, 0.2) is 60.8 Å². The summed E-state index contributed by atoms with van der Waals surface area (Å²) in [6.45, 7) is 4.20. The van der Waals surface area contributed by atoms with Crippen LogP contribution in [0.4, 0.5) is 0 Å². The lowest BCUT2D eigenvalue weighted by molar-refractivity contribution is 1.20. The molecule has 112 valence electrons. The molecule has 0 N–H and O–H groups in total. The number of hydrogen-bond acceptors (Lipinski definition) is 1. The Morgan fingerprint density at radius 2 is 1.61 bits per heavy atom. The van der Waals surface area contributed by atoms with Crippen LogP contribution in [0.5, 0.6) is 0 Å². The van der Waals surface area contributed by atoms with Crippen LogP contribution in [0, 0.1) is 13.8 Å². The van der Waals surface area contributed by atoms with Gasteiger partial charge in [-0.1, -0.05) is 54.1 Å². The molecule has 0 fully saturated rings. The number of benzene rings is 2. The fourth-order valence-electron chi connectivity index (χ4n) is 3.18. The predicted molar refractivity (Wildman–Crippen MR) is 97.2 cm³/mol. The highest BCUT2D eigenvalue weighted by Gasteiger charge is 2.18. The smallest absolute Gasteiger partial charge is 0.0665 e. The lowest BCUT2D eigenvalue weighted by atomic mass is 9.96. The minimum Gasteiger partial charge on any atom is -0.256 e. The third kappa shape index (κ3) is 2.59. The Morgan fingerprint density at radius 1 is 0.826 bits per heavy atom. The number of aromatic nitrogens is 1. The van der Waals surface area contributed by atoms with Crippen LogP contribution in [0.1, 0.15) is 27.9 Å². The fourth-order valence-corrected chi connectivity index (χ4v) is 3.18. The van der Waals surface area contributed by atoms with Gasteiger partial charge in [0.25, 0.3) is 0 Å². The average molecular weight is 297 g/mol. The van der Waals surface area contributed by atoms with Crippen molar-refractivity contribution in [1.82, 2.24) is 4.98 Å². The third-order valence-corrected chi connectivity index (χ3v) is 4.50. The van der Waals surface area contributed by atoms with Gasteiger partial charge in [-0.05, 0) is 59.4 Å². The van der Waals surface area contributed by atoms with Crippen molar-refractivity contribution >= 4 is 11.6 Å². The van der Waals surface area contributed by atoms with Crippen molar-refractivity contribution in [2.45, 2.75) is 20.3 Å². The Labute approximate surface area is 137 Å². The van der Waals surface area contributed by atoms with E-state index < -0.39 is 0 Å². The van der Waals surface area contributed by atoms with E-state index in [0.29, 0.717) is 0 Å². The largest absolute Gasteiger partial charge is 0.256 e. The number of aryl methyl sites for hydroxylation is 2. The van der Waals surface area contributed by atoms with Crippen molar-refractivity contribution in [2.24, 2.45) is 0 Å². The highest BCUT2D eigenvalue weighted by Crippen LogP contribution is 2.37. The van der Waals surface area contributed by atoms with Gasteiger partial charge in [0.2, 0.25) is 0 Å². The van der Waals surface area contributed by atoms with E-state index in [1.807, 2.05) is 6.20 Å². The summed E-state index contributed by atoms with van der Waals surface area (Å²) in [4.78, 5) is 4.59. The third-order valence-electron chi connectivity index (χ3n) is 4.50. The Hall–Kier alpha value is -2.67. The maximum atomic E-state index is 4.59. The summed E-state index contributed by atoms with van der Waals surface area (Å²) >= 11 is 0. The van der Waals surface area contributed by atoms with Crippen LogP contribution >= 0.6 is 0 Å². The number of rotatable bonds is 2. The molecule has 0 atom stereocenters. The van der Waals surface area contributed by atoms with Gasteiger partial charge < -0.3 is 0 Å². The molecule has 0 saturated carbocycles. The molecule has 4 rings (SSSR count). The van der Waals surface area contributed by atoms with Gasteiger partial charge in [0, 0.05) is 12.6 Å². The van der Waals surface area contributed by atoms with Crippen molar-refractivity contribution in [2.75, 3.05) is 0 Å². The molecule has 1 heteroatoms. The minimum absolute atomic E-state index is 0.963. The first kappa shape index (κ1) is 14.0. The molecular weight excluding hydrogens is 278 g/mol. The lowest BCUT2D eigenvalue weighted by Gasteiger charge is -2.08. The second-order valence-corrected chi connectivity index (χ2v) is 6.31. The molecule has 0 radical (unpaired) electrons. The number of pyridine rings is 1. The van der Waals surface area contributed by atoms with Crippen LogP contribution in [0.25, 0.3) is 22.8 Å². The van der Waals surface area contributed by atoms with Crippen molar-refractivity contribution in [3.05, 3.63) is 88.7 Å². The number of nitrogens with zero attached hydrogens (tertiary/aromatic N) is 1. The SMILES string of the molecule is Cc1ccc(-c2cccc3c2C=C(c2ccc(C)cn2)C3)cc1. The molecule has 1 aliphatic carbocycles. The molecule has 1 heterocycles. The van der Waals surface area contributed by atoms with Crippen molar-refractivity contribution in [3.63, 3.8) is 0 Å². The Bertz CT molecular complexity index is 884. The van der Waals surface area contributed by atoms with Gasteiger partial charge in [0.15, 0.2) is 0 Å². The van der Waals surface area contributed by atoms with E-state index in [9.17, 15) is 0 Å². The van der Waals surface area contributed by atoms with Crippen LogP contribution in [-0.2, 0) is 6.42 Å². The Morgan fingerprint density at radius 3 is 2.35 bits per heavy atom. The minimum atomic E-state index is 0.963. The summed E-state index contributed by atoms with van der Waals surface area (Å²) < 4.78 is 0. The van der Waals surface area contributed by atoms with Crippen LogP contribution in [-0.4, -0.2) is 4.98 Å². The molecule has 3 aromatic rings. The molecule has 0 aliphatic heterocycles. The molecule has 23 heavy (non-hydrogen) atoms. The molecule has 0 amide bonds. The van der Waals surface area contributed by atoms with Crippen molar-refractivity contribution < 1.29 is 0 Å². The molecule has 1 aliphatic rings. The zero-order valence-corrected chi connectivity index (χ0v) is 13.5. The normalized spacial score (nSPS) is 12.9. The standard InChI is InChI=1S/C22H19N/c1-15-6-9-17(10-7-15)20-5-3-4-18-12-19(13-21(18)20)22-11-8-16(2)14-23-22/h3-11,13-14H,12H2,1-2H3. The highest BCUT2D eigenvalue weighted by atomic mass is 14.7. The lowest BCUT2D eigenvalue weighted by Crippen LogP contribution is -1.90. The molecule has 0 bridgehead atoms. The van der Waals surface area contributed by atoms with Gasteiger partial charge in [-0.2, -0.15) is 0 Å². The first-order chi connectivity index (χ1) is 11.2. The molecule has 0 unspecified atom stereocenters. The molecule has 0 saturated heterocycles. The molecule has 2 aromatic carbocycles. The van der Waals surface area contributed by atoms with Crippen molar-refractivity contribution in [3.8, 4) is 11.1 Å². The Balaban J connectivity index is 1.78. The van der Waals surface area contributed by atoms with Crippen molar-refractivity contribution in [1.29, 1.82) is 0 Å². The van der Waals surface area contributed by atoms with Gasteiger partial charge in [0.1, 0.15) is 0 Å². The first-order valence-electron chi connectivity index (χ1n) is 8.03. The van der Waals surface area contributed by atoms with E-state index in [0.717, 1.165) is 12.1 Å². The van der Waals surface area contributed by atoms with Gasteiger partial charge in [-0.15, -0.1) is 0 Å². The molecule has 1 nitrogen and oxygen atoms in total. The first-order valence-corrected chi connectivity index (χ1v) is 8.03. The van der Waals surface area contributed by atoms with E-state index in [2.05, 4.69) is 79.5 Å². The van der Waals surface area contributed by atoms with Gasteiger partial charge in [-0.25, -0.2) is 0 Å². The quantitative estimate of drug-likeness (QED) is 0.612. The van der Waals surface area contributed by atoms with E-state index >= 15 is 0 Å². The fraction of sp³-hybridized carbons (Fsp3) is 0.136. The summed E-state index contributed by atoms with van der Waals surface area (Å²) in [6, 6.07) is 19.6. The predicted octanol–water partition coefficient (Wildman–Crippen LogP) is 5.46. The van der Waals surface area contributed by atoms with Gasteiger partial charge in [0.05, 0.1) is 5.69 Å². The van der Waals surface area contributed by atoms with E-state index in [1.165, 1.54) is 39.0 Å². The Kier molecular flexibility index (Phi) is 3.34. The van der Waals surface area contributed by atoms with Crippen LogP contribution in [0.3, 0.4) is 0 Å².